The maximum absolute atomic E-state index is 12.8. The molecular formula is C22H23N5O2S. The van der Waals surface area contributed by atoms with Gasteiger partial charge in [-0.25, -0.2) is 9.67 Å². The molecule has 0 amide bonds. The highest BCUT2D eigenvalue weighted by atomic mass is 32.2. The molecule has 1 aliphatic heterocycles. The Bertz CT molecular complexity index is 1120. The highest BCUT2D eigenvalue weighted by Crippen LogP contribution is 2.27. The standard InChI is InChI=1S/C22H23N5O2S/c23-17(9-11-24-20-5-2-4-12-29-20)15-27-22(28)19-8-7-18(13-16(19)14-26-27)30-21-6-1-3-10-25-21/h1,3,6-11,13-14,20H,2,4-5,12,15,23H2. The lowest BCUT2D eigenvalue weighted by Gasteiger charge is -2.18. The van der Waals surface area contributed by atoms with Gasteiger partial charge < -0.3 is 10.5 Å². The van der Waals surface area contributed by atoms with Crippen LogP contribution in [0.1, 0.15) is 19.3 Å². The van der Waals surface area contributed by atoms with Crippen LogP contribution in [-0.4, -0.2) is 33.8 Å². The molecule has 7 nitrogen and oxygen atoms in total. The van der Waals surface area contributed by atoms with E-state index in [4.69, 9.17) is 10.5 Å². The van der Waals surface area contributed by atoms with Crippen LogP contribution in [0.5, 0.6) is 0 Å². The summed E-state index contributed by atoms with van der Waals surface area (Å²) in [5, 5.41) is 6.57. The van der Waals surface area contributed by atoms with Crippen molar-refractivity contribution in [2.45, 2.75) is 42.0 Å². The predicted octanol–water partition coefficient (Wildman–Crippen LogP) is 3.38. The number of benzene rings is 1. The summed E-state index contributed by atoms with van der Waals surface area (Å²) in [6.45, 7) is 0.955. The third-order valence-corrected chi connectivity index (χ3v) is 5.65. The molecule has 3 heterocycles. The number of allylic oxidation sites excluding steroid dienone is 2. The second-order valence-electron chi connectivity index (χ2n) is 6.99. The lowest BCUT2D eigenvalue weighted by molar-refractivity contribution is 0.0227. The third kappa shape index (κ3) is 5.14. The Labute approximate surface area is 178 Å². The number of nitrogens with two attached hydrogens (primary N) is 1. The number of ether oxygens (including phenoxy) is 1. The first-order valence-electron chi connectivity index (χ1n) is 9.87. The number of hydrogen-bond donors (Lipinski definition) is 1. The van der Waals surface area contributed by atoms with Crippen LogP contribution in [-0.2, 0) is 11.3 Å². The number of fused-ring (bicyclic) bond motifs is 1. The van der Waals surface area contributed by atoms with Gasteiger partial charge in [0.25, 0.3) is 5.56 Å². The minimum atomic E-state index is -0.175. The molecule has 1 aromatic carbocycles. The maximum atomic E-state index is 12.8. The van der Waals surface area contributed by atoms with Gasteiger partial charge in [-0.05, 0) is 55.7 Å². The van der Waals surface area contributed by atoms with Crippen LogP contribution in [0.2, 0.25) is 0 Å². The molecule has 2 aromatic heterocycles. The van der Waals surface area contributed by atoms with Crippen LogP contribution in [0.3, 0.4) is 0 Å². The molecule has 154 valence electrons. The number of pyridine rings is 1. The van der Waals surface area contributed by atoms with E-state index in [9.17, 15) is 4.79 Å². The smallest absolute Gasteiger partial charge is 0.274 e. The van der Waals surface area contributed by atoms with Crippen LogP contribution < -0.4 is 11.3 Å². The van der Waals surface area contributed by atoms with Crippen molar-refractivity contribution in [3.05, 3.63) is 70.9 Å². The van der Waals surface area contributed by atoms with Gasteiger partial charge in [-0.15, -0.1) is 0 Å². The minimum absolute atomic E-state index is 0.0949. The summed E-state index contributed by atoms with van der Waals surface area (Å²) in [5.74, 6) is 0. The highest BCUT2D eigenvalue weighted by molar-refractivity contribution is 7.99. The Morgan fingerprint density at radius 3 is 3.07 bits per heavy atom. The molecule has 0 saturated carbocycles. The Hall–Kier alpha value is -2.97. The highest BCUT2D eigenvalue weighted by Gasteiger charge is 2.10. The molecule has 8 heteroatoms. The first kappa shape index (κ1) is 20.3. The summed E-state index contributed by atoms with van der Waals surface area (Å²) in [4.78, 5) is 22.5. The average molecular weight is 422 g/mol. The van der Waals surface area contributed by atoms with E-state index in [0.717, 1.165) is 41.2 Å². The first-order chi connectivity index (χ1) is 14.7. The van der Waals surface area contributed by atoms with Crippen LogP contribution in [0.25, 0.3) is 10.8 Å². The quantitative estimate of drug-likeness (QED) is 0.613. The van der Waals surface area contributed by atoms with Gasteiger partial charge >= 0.3 is 0 Å². The van der Waals surface area contributed by atoms with Crippen molar-refractivity contribution in [2.24, 2.45) is 10.7 Å². The van der Waals surface area contributed by atoms with Crippen molar-refractivity contribution in [1.82, 2.24) is 14.8 Å². The van der Waals surface area contributed by atoms with E-state index in [0.29, 0.717) is 11.1 Å². The molecule has 3 aromatic rings. The van der Waals surface area contributed by atoms with E-state index >= 15 is 0 Å². The Morgan fingerprint density at radius 2 is 2.27 bits per heavy atom. The molecule has 2 N–H and O–H groups in total. The largest absolute Gasteiger partial charge is 0.400 e. The molecular weight excluding hydrogens is 398 g/mol. The third-order valence-electron chi connectivity index (χ3n) is 4.71. The second-order valence-corrected chi connectivity index (χ2v) is 8.08. The summed E-state index contributed by atoms with van der Waals surface area (Å²) in [6.07, 6.45) is 9.84. The van der Waals surface area contributed by atoms with Crippen molar-refractivity contribution >= 4 is 28.7 Å². The fourth-order valence-electron chi connectivity index (χ4n) is 3.17. The number of aromatic nitrogens is 3. The molecule has 1 unspecified atom stereocenters. The van der Waals surface area contributed by atoms with Crippen molar-refractivity contribution in [2.75, 3.05) is 6.61 Å². The molecule has 1 fully saturated rings. The summed E-state index contributed by atoms with van der Waals surface area (Å²) < 4.78 is 6.92. The van der Waals surface area contributed by atoms with E-state index in [1.807, 2.05) is 36.4 Å². The summed E-state index contributed by atoms with van der Waals surface area (Å²) in [6, 6.07) is 11.5. The van der Waals surface area contributed by atoms with Gasteiger partial charge in [0.05, 0.1) is 18.1 Å². The van der Waals surface area contributed by atoms with Gasteiger partial charge in [-0.2, -0.15) is 5.10 Å². The zero-order valence-corrected chi connectivity index (χ0v) is 17.3. The van der Waals surface area contributed by atoms with Crippen LogP contribution in [0, 0.1) is 0 Å². The van der Waals surface area contributed by atoms with Crippen molar-refractivity contribution in [3.8, 4) is 0 Å². The number of rotatable bonds is 6. The first-order valence-corrected chi connectivity index (χ1v) is 10.7. The van der Waals surface area contributed by atoms with Gasteiger partial charge in [-0.3, -0.25) is 9.79 Å². The van der Waals surface area contributed by atoms with Gasteiger partial charge in [-0.1, -0.05) is 17.8 Å². The molecule has 0 bridgehead atoms. The summed E-state index contributed by atoms with van der Waals surface area (Å²) in [7, 11) is 0. The number of aliphatic imine (C=N–C) groups is 1. The van der Waals surface area contributed by atoms with Crippen molar-refractivity contribution in [1.29, 1.82) is 0 Å². The molecule has 1 saturated heterocycles. The van der Waals surface area contributed by atoms with E-state index < -0.39 is 0 Å². The zero-order chi connectivity index (χ0) is 20.8. The van der Waals surface area contributed by atoms with Crippen molar-refractivity contribution < 1.29 is 4.74 Å². The second kappa shape index (κ2) is 9.69. The van der Waals surface area contributed by atoms with Crippen LogP contribution >= 0.6 is 11.8 Å². The Morgan fingerprint density at radius 1 is 1.33 bits per heavy atom. The SMILES string of the molecule is NC(=CC=NC1CCCCO1)Cn1ncc2cc(Sc3ccccn3)ccc2c1=O. The average Bonchev–Trinajstić information content (AvgIpc) is 2.77. The normalized spacial score (nSPS) is 17.6. The fraction of sp³-hybridized carbons (Fsp3) is 0.273. The molecule has 1 aliphatic rings. The Balaban J connectivity index is 1.47. The monoisotopic (exact) mass is 421 g/mol. The molecule has 0 aliphatic carbocycles. The van der Waals surface area contributed by atoms with Gasteiger partial charge in [0, 0.05) is 35.0 Å². The van der Waals surface area contributed by atoms with Gasteiger partial charge in [0.15, 0.2) is 0 Å². The van der Waals surface area contributed by atoms with E-state index in [-0.39, 0.29) is 18.3 Å². The molecule has 30 heavy (non-hydrogen) atoms. The van der Waals surface area contributed by atoms with Crippen LogP contribution in [0.15, 0.2) is 80.3 Å². The van der Waals surface area contributed by atoms with E-state index in [2.05, 4.69) is 15.1 Å². The van der Waals surface area contributed by atoms with Crippen molar-refractivity contribution in [3.63, 3.8) is 0 Å². The van der Waals surface area contributed by atoms with Gasteiger partial charge in [0.1, 0.15) is 11.3 Å². The predicted molar refractivity (Wildman–Crippen MR) is 119 cm³/mol. The van der Waals surface area contributed by atoms with E-state index in [1.165, 1.54) is 4.68 Å². The van der Waals surface area contributed by atoms with Crippen LogP contribution in [0.4, 0.5) is 0 Å². The Kier molecular flexibility index (Phi) is 6.56. The number of nitrogens with zero attached hydrogens (tertiary/aromatic N) is 4. The zero-order valence-electron chi connectivity index (χ0n) is 16.5. The lowest BCUT2D eigenvalue weighted by Crippen LogP contribution is -2.25. The molecule has 0 spiro atoms. The maximum Gasteiger partial charge on any atom is 0.274 e. The van der Waals surface area contributed by atoms with Gasteiger partial charge in [0.2, 0.25) is 0 Å². The summed E-state index contributed by atoms with van der Waals surface area (Å²) in [5.41, 5.74) is 6.39. The van der Waals surface area contributed by atoms with E-state index in [1.54, 1.807) is 36.4 Å². The molecule has 0 radical (unpaired) electrons. The topological polar surface area (TPSA) is 95.4 Å². The summed E-state index contributed by atoms with van der Waals surface area (Å²) >= 11 is 1.54. The minimum Gasteiger partial charge on any atom is -0.400 e. The molecule has 1 atom stereocenters. The molecule has 4 rings (SSSR count). The fourth-order valence-corrected chi connectivity index (χ4v) is 4.00. The lowest BCUT2D eigenvalue weighted by atomic mass is 10.2. The number of hydrogen-bond acceptors (Lipinski definition) is 7.